The van der Waals surface area contributed by atoms with Gasteiger partial charge in [-0.3, -0.25) is 4.79 Å². The Balaban J connectivity index is 2.18. The molecule has 2 nitrogen and oxygen atoms in total. The van der Waals surface area contributed by atoms with E-state index in [1.165, 1.54) is 11.3 Å². The van der Waals surface area contributed by atoms with Crippen molar-refractivity contribution in [3.05, 3.63) is 49.6 Å². The second-order valence-corrected chi connectivity index (χ2v) is 6.07. The number of carbonyl (C=O) groups is 1. The van der Waals surface area contributed by atoms with E-state index in [1.807, 2.05) is 19.1 Å². The van der Waals surface area contributed by atoms with Crippen molar-refractivity contribution in [2.75, 3.05) is 5.32 Å². The van der Waals surface area contributed by atoms with Crippen LogP contribution in [0, 0.1) is 6.92 Å². The van der Waals surface area contributed by atoms with Gasteiger partial charge in [-0.05, 0) is 53.2 Å². The first-order valence-corrected chi connectivity index (χ1v) is 6.88. The molecule has 1 N–H and O–H groups in total. The van der Waals surface area contributed by atoms with Crippen molar-refractivity contribution in [3.63, 3.8) is 0 Å². The number of amides is 1. The lowest BCUT2D eigenvalue weighted by atomic mass is 10.3. The lowest BCUT2D eigenvalue weighted by Crippen LogP contribution is -2.10. The highest BCUT2D eigenvalue weighted by Crippen LogP contribution is 2.27. The molecule has 0 radical (unpaired) electrons. The van der Waals surface area contributed by atoms with Crippen molar-refractivity contribution in [1.82, 2.24) is 0 Å². The lowest BCUT2D eigenvalue weighted by molar-refractivity contribution is 0.103. The molecule has 0 saturated carbocycles. The van der Waals surface area contributed by atoms with Crippen molar-refractivity contribution >= 4 is 50.5 Å². The van der Waals surface area contributed by atoms with Gasteiger partial charge < -0.3 is 5.32 Å². The summed E-state index contributed by atoms with van der Waals surface area (Å²) >= 11 is 10.7. The molecule has 2 aromatic rings. The van der Waals surface area contributed by atoms with Gasteiger partial charge in [0.15, 0.2) is 0 Å². The van der Waals surface area contributed by atoms with Crippen LogP contribution in [0.2, 0.25) is 5.02 Å². The van der Waals surface area contributed by atoms with E-state index >= 15 is 0 Å². The van der Waals surface area contributed by atoms with Crippen molar-refractivity contribution < 1.29 is 4.79 Å². The zero-order valence-electron chi connectivity index (χ0n) is 8.96. The predicted octanol–water partition coefficient (Wildman–Crippen LogP) is 4.72. The molecule has 0 aliphatic carbocycles. The molecule has 0 aliphatic rings. The van der Waals surface area contributed by atoms with Crippen LogP contribution in [0.1, 0.15) is 14.5 Å². The highest BCUT2D eigenvalue weighted by atomic mass is 79.9. The first-order chi connectivity index (χ1) is 8.06. The van der Waals surface area contributed by atoms with Crippen LogP contribution in [0.3, 0.4) is 0 Å². The molecule has 88 valence electrons. The monoisotopic (exact) mass is 329 g/mol. The number of aryl methyl sites for hydroxylation is 1. The molecule has 1 heterocycles. The third kappa shape index (κ3) is 3.09. The smallest absolute Gasteiger partial charge is 0.265 e. The van der Waals surface area contributed by atoms with E-state index in [2.05, 4.69) is 21.2 Å². The average molecular weight is 331 g/mol. The first kappa shape index (κ1) is 12.6. The number of halogens is 2. The highest BCUT2D eigenvalue weighted by molar-refractivity contribution is 9.10. The molecule has 0 unspecified atom stereocenters. The maximum atomic E-state index is 11.9. The summed E-state index contributed by atoms with van der Waals surface area (Å²) in [5.74, 6) is -0.105. The summed E-state index contributed by atoms with van der Waals surface area (Å²) in [5.41, 5.74) is 0.713. The van der Waals surface area contributed by atoms with Crippen LogP contribution in [-0.4, -0.2) is 5.91 Å². The van der Waals surface area contributed by atoms with Crippen molar-refractivity contribution in [1.29, 1.82) is 0 Å². The number of benzene rings is 1. The Hall–Kier alpha value is -0.840. The molecule has 1 aromatic heterocycles. The van der Waals surface area contributed by atoms with Crippen LogP contribution in [-0.2, 0) is 0 Å². The normalized spacial score (nSPS) is 10.3. The van der Waals surface area contributed by atoms with E-state index in [0.717, 1.165) is 9.35 Å². The Morgan fingerprint density at radius 2 is 2.12 bits per heavy atom. The summed E-state index contributed by atoms with van der Waals surface area (Å²) < 4.78 is 0.770. The summed E-state index contributed by atoms with van der Waals surface area (Å²) in [7, 11) is 0. The van der Waals surface area contributed by atoms with E-state index in [0.29, 0.717) is 15.6 Å². The number of thiophene rings is 1. The Kier molecular flexibility index (Phi) is 3.86. The Morgan fingerprint density at radius 3 is 2.71 bits per heavy atom. The number of anilines is 1. The van der Waals surface area contributed by atoms with Crippen LogP contribution < -0.4 is 5.32 Å². The second kappa shape index (κ2) is 5.21. The minimum atomic E-state index is -0.105. The molecule has 0 bridgehead atoms. The third-order valence-electron chi connectivity index (χ3n) is 2.14. The molecule has 1 amide bonds. The molecule has 0 spiro atoms. The zero-order valence-corrected chi connectivity index (χ0v) is 12.1. The number of rotatable bonds is 2. The fraction of sp³-hybridized carbons (Fsp3) is 0.0833. The predicted molar refractivity (Wildman–Crippen MR) is 76.2 cm³/mol. The van der Waals surface area contributed by atoms with Gasteiger partial charge in [0.25, 0.3) is 5.91 Å². The molecule has 2 rings (SSSR count). The molecule has 17 heavy (non-hydrogen) atoms. The van der Waals surface area contributed by atoms with Gasteiger partial charge in [-0.1, -0.05) is 11.6 Å². The molecule has 0 fully saturated rings. The van der Waals surface area contributed by atoms with E-state index in [9.17, 15) is 4.79 Å². The molecular formula is C12H9BrClNOS. The van der Waals surface area contributed by atoms with Crippen LogP contribution >= 0.6 is 38.9 Å². The Bertz CT molecular complexity index is 567. The van der Waals surface area contributed by atoms with Crippen molar-refractivity contribution in [2.24, 2.45) is 0 Å². The summed E-state index contributed by atoms with van der Waals surface area (Å²) in [6, 6.07) is 9.00. The van der Waals surface area contributed by atoms with E-state index in [1.54, 1.807) is 18.2 Å². The van der Waals surface area contributed by atoms with Gasteiger partial charge in [0.05, 0.1) is 10.6 Å². The van der Waals surface area contributed by atoms with Gasteiger partial charge in [0.1, 0.15) is 0 Å². The molecule has 1 aromatic carbocycles. The maximum Gasteiger partial charge on any atom is 0.265 e. The molecule has 0 saturated heterocycles. The van der Waals surface area contributed by atoms with Gasteiger partial charge >= 0.3 is 0 Å². The third-order valence-corrected chi connectivity index (χ3v) is 4.03. The van der Waals surface area contributed by atoms with Gasteiger partial charge in [0.2, 0.25) is 0 Å². The fourth-order valence-corrected chi connectivity index (χ4v) is 2.88. The molecule has 5 heteroatoms. The largest absolute Gasteiger partial charge is 0.320 e. The molecule has 0 aliphatic heterocycles. The molecule has 0 atom stereocenters. The zero-order chi connectivity index (χ0) is 12.4. The summed E-state index contributed by atoms with van der Waals surface area (Å²) in [6.07, 6.45) is 0. The number of hydrogen-bond acceptors (Lipinski definition) is 2. The summed E-state index contributed by atoms with van der Waals surface area (Å²) in [5, 5.41) is 3.46. The lowest BCUT2D eigenvalue weighted by Gasteiger charge is -2.06. The second-order valence-electron chi connectivity index (χ2n) is 3.49. The topological polar surface area (TPSA) is 29.1 Å². The van der Waals surface area contributed by atoms with Gasteiger partial charge in [-0.2, -0.15) is 0 Å². The van der Waals surface area contributed by atoms with Crippen molar-refractivity contribution in [3.8, 4) is 0 Å². The van der Waals surface area contributed by atoms with E-state index < -0.39 is 0 Å². The van der Waals surface area contributed by atoms with Crippen LogP contribution in [0.5, 0.6) is 0 Å². The quantitative estimate of drug-likeness (QED) is 0.847. The van der Waals surface area contributed by atoms with Gasteiger partial charge in [-0.15, -0.1) is 11.3 Å². The Labute approximate surface area is 117 Å². The number of nitrogens with one attached hydrogen (secondary N) is 1. The average Bonchev–Trinajstić information content (AvgIpc) is 2.69. The maximum absolute atomic E-state index is 11.9. The molecular weight excluding hydrogens is 322 g/mol. The van der Waals surface area contributed by atoms with Crippen molar-refractivity contribution in [2.45, 2.75) is 6.92 Å². The SMILES string of the molecule is Cc1ccc(C(=O)Nc2ccc(Cl)cc2Br)s1. The number of carbonyl (C=O) groups excluding carboxylic acids is 1. The minimum absolute atomic E-state index is 0.105. The van der Waals surface area contributed by atoms with Gasteiger partial charge in [-0.25, -0.2) is 0 Å². The van der Waals surface area contributed by atoms with Crippen LogP contribution in [0.15, 0.2) is 34.8 Å². The van der Waals surface area contributed by atoms with Crippen LogP contribution in [0.4, 0.5) is 5.69 Å². The van der Waals surface area contributed by atoms with E-state index in [-0.39, 0.29) is 5.91 Å². The Morgan fingerprint density at radius 1 is 1.35 bits per heavy atom. The summed E-state index contributed by atoms with van der Waals surface area (Å²) in [4.78, 5) is 13.7. The highest BCUT2D eigenvalue weighted by Gasteiger charge is 2.10. The fourth-order valence-electron chi connectivity index (χ4n) is 1.33. The summed E-state index contributed by atoms with van der Waals surface area (Å²) in [6.45, 7) is 1.97. The van der Waals surface area contributed by atoms with E-state index in [4.69, 9.17) is 11.6 Å². The van der Waals surface area contributed by atoms with Crippen LogP contribution in [0.25, 0.3) is 0 Å². The standard InChI is InChI=1S/C12H9BrClNOS/c1-7-2-5-11(17-7)12(16)15-10-4-3-8(14)6-9(10)13/h2-6H,1H3,(H,15,16). The number of hydrogen-bond donors (Lipinski definition) is 1. The minimum Gasteiger partial charge on any atom is -0.320 e. The van der Waals surface area contributed by atoms with Gasteiger partial charge in [0, 0.05) is 14.4 Å². The first-order valence-electron chi connectivity index (χ1n) is 4.89.